The second-order valence-electron chi connectivity index (χ2n) is 4.43. The average molecular weight is 381 g/mol. The van der Waals surface area contributed by atoms with Gasteiger partial charge < -0.3 is 4.74 Å². The number of hydrogen-bond donors (Lipinski definition) is 1. The summed E-state index contributed by atoms with van der Waals surface area (Å²) in [4.78, 5) is 0. The van der Waals surface area contributed by atoms with E-state index in [1.54, 1.807) is 6.07 Å². The highest BCUT2D eigenvalue weighted by molar-refractivity contribution is 14.1. The highest BCUT2D eigenvalue weighted by Gasteiger charge is 2.23. The standard InChI is InChI=1S/C12H16INO3S/c1-9-11(13)5-2-6-12(9)14-18(15,16)8-10-4-3-7-17-10/h2,5-6,10,14H,3-4,7-8H2,1H3. The molecule has 2 rings (SSSR count). The topological polar surface area (TPSA) is 55.4 Å². The lowest BCUT2D eigenvalue weighted by Crippen LogP contribution is -2.26. The van der Waals surface area contributed by atoms with E-state index in [9.17, 15) is 8.42 Å². The van der Waals surface area contributed by atoms with Gasteiger partial charge in [0.1, 0.15) is 0 Å². The van der Waals surface area contributed by atoms with Crippen molar-refractivity contribution < 1.29 is 13.2 Å². The van der Waals surface area contributed by atoms with Crippen LogP contribution in [0.25, 0.3) is 0 Å². The van der Waals surface area contributed by atoms with E-state index < -0.39 is 10.0 Å². The molecular formula is C12H16INO3S. The summed E-state index contributed by atoms with van der Waals surface area (Å²) in [6.45, 7) is 2.58. The number of benzene rings is 1. The van der Waals surface area contributed by atoms with Gasteiger partial charge in [-0.05, 0) is 60.1 Å². The molecular weight excluding hydrogens is 365 g/mol. The third-order valence-corrected chi connectivity index (χ3v) is 5.47. The molecule has 100 valence electrons. The second kappa shape index (κ2) is 5.75. The first-order valence-electron chi connectivity index (χ1n) is 5.85. The van der Waals surface area contributed by atoms with Crippen LogP contribution in [-0.4, -0.2) is 26.9 Å². The maximum absolute atomic E-state index is 12.0. The molecule has 1 unspecified atom stereocenters. The Bertz CT molecular complexity index is 524. The molecule has 0 aromatic heterocycles. The summed E-state index contributed by atoms with van der Waals surface area (Å²) in [5, 5.41) is 0. The lowest BCUT2D eigenvalue weighted by molar-refractivity contribution is 0.127. The van der Waals surface area contributed by atoms with Crippen molar-refractivity contribution in [2.24, 2.45) is 0 Å². The number of rotatable bonds is 4. The minimum absolute atomic E-state index is 0.0396. The van der Waals surface area contributed by atoms with Crippen LogP contribution in [0.3, 0.4) is 0 Å². The van der Waals surface area contributed by atoms with Crippen molar-refractivity contribution in [2.45, 2.75) is 25.9 Å². The number of sulfonamides is 1. The van der Waals surface area contributed by atoms with Crippen LogP contribution in [0.2, 0.25) is 0 Å². The van der Waals surface area contributed by atoms with Crippen molar-refractivity contribution >= 4 is 38.3 Å². The molecule has 1 atom stereocenters. The van der Waals surface area contributed by atoms with Gasteiger partial charge in [-0.15, -0.1) is 0 Å². The number of hydrogen-bond acceptors (Lipinski definition) is 3. The van der Waals surface area contributed by atoms with Crippen LogP contribution in [0.4, 0.5) is 5.69 Å². The molecule has 1 aliphatic rings. The Kier molecular flexibility index (Phi) is 4.50. The highest BCUT2D eigenvalue weighted by Crippen LogP contribution is 2.22. The van der Waals surface area contributed by atoms with Gasteiger partial charge in [-0.3, -0.25) is 4.72 Å². The van der Waals surface area contributed by atoms with Gasteiger partial charge in [-0.2, -0.15) is 0 Å². The highest BCUT2D eigenvalue weighted by atomic mass is 127. The zero-order valence-corrected chi connectivity index (χ0v) is 13.1. The Labute approximate surface area is 121 Å². The minimum atomic E-state index is -3.34. The molecule has 4 nitrogen and oxygen atoms in total. The maximum atomic E-state index is 12.0. The van der Waals surface area contributed by atoms with Crippen LogP contribution in [-0.2, 0) is 14.8 Å². The van der Waals surface area contributed by atoms with Crippen LogP contribution >= 0.6 is 22.6 Å². The molecule has 1 aromatic carbocycles. The third kappa shape index (κ3) is 3.58. The van der Waals surface area contributed by atoms with Gasteiger partial charge in [0.05, 0.1) is 17.5 Å². The molecule has 1 heterocycles. The molecule has 0 radical (unpaired) electrons. The van der Waals surface area contributed by atoms with Gasteiger partial charge in [-0.25, -0.2) is 8.42 Å². The Morgan fingerprint density at radius 1 is 1.50 bits per heavy atom. The summed E-state index contributed by atoms with van der Waals surface area (Å²) in [5.41, 5.74) is 1.61. The largest absolute Gasteiger partial charge is 0.377 e. The quantitative estimate of drug-likeness (QED) is 0.816. The minimum Gasteiger partial charge on any atom is -0.377 e. The normalized spacial score (nSPS) is 20.0. The van der Waals surface area contributed by atoms with E-state index in [0.29, 0.717) is 12.3 Å². The smallest absolute Gasteiger partial charge is 0.235 e. The summed E-state index contributed by atoms with van der Waals surface area (Å²) in [7, 11) is -3.34. The Morgan fingerprint density at radius 2 is 2.28 bits per heavy atom. The monoisotopic (exact) mass is 381 g/mol. The molecule has 0 aliphatic carbocycles. The third-order valence-electron chi connectivity index (χ3n) is 2.96. The van der Waals surface area contributed by atoms with Crippen molar-refractivity contribution in [2.75, 3.05) is 17.1 Å². The van der Waals surface area contributed by atoms with Crippen LogP contribution in [0.5, 0.6) is 0 Å². The predicted octanol–water partition coefficient (Wildman–Crippen LogP) is 2.52. The fraction of sp³-hybridized carbons (Fsp3) is 0.500. The number of ether oxygens (including phenoxy) is 1. The molecule has 0 spiro atoms. The lowest BCUT2D eigenvalue weighted by atomic mass is 10.2. The first kappa shape index (κ1) is 14.1. The Morgan fingerprint density at radius 3 is 2.94 bits per heavy atom. The van der Waals surface area contributed by atoms with Crippen molar-refractivity contribution in [3.8, 4) is 0 Å². The van der Waals surface area contributed by atoms with Crippen LogP contribution < -0.4 is 4.72 Å². The maximum Gasteiger partial charge on any atom is 0.235 e. The molecule has 1 N–H and O–H groups in total. The van der Waals surface area contributed by atoms with Gasteiger partial charge >= 0.3 is 0 Å². The van der Waals surface area contributed by atoms with Crippen LogP contribution in [0, 0.1) is 10.5 Å². The molecule has 0 amide bonds. The summed E-state index contributed by atoms with van der Waals surface area (Å²) < 4.78 is 33.1. The predicted molar refractivity (Wildman–Crippen MR) is 80.3 cm³/mol. The molecule has 0 saturated carbocycles. The van der Waals surface area contributed by atoms with E-state index in [2.05, 4.69) is 27.3 Å². The van der Waals surface area contributed by atoms with E-state index in [-0.39, 0.29) is 11.9 Å². The zero-order valence-electron chi connectivity index (χ0n) is 10.1. The SMILES string of the molecule is Cc1c(I)cccc1NS(=O)(=O)CC1CCCO1. The molecule has 1 aromatic rings. The molecule has 18 heavy (non-hydrogen) atoms. The van der Waals surface area contributed by atoms with E-state index in [4.69, 9.17) is 4.74 Å². The number of halogens is 1. The van der Waals surface area contributed by atoms with E-state index in [1.165, 1.54) is 0 Å². The summed E-state index contributed by atoms with van der Waals surface area (Å²) in [6.07, 6.45) is 1.61. The van der Waals surface area contributed by atoms with Crippen molar-refractivity contribution in [1.82, 2.24) is 0 Å². The summed E-state index contributed by atoms with van der Waals surface area (Å²) in [6, 6.07) is 5.58. The first-order valence-corrected chi connectivity index (χ1v) is 8.58. The molecule has 1 fully saturated rings. The van der Waals surface area contributed by atoms with Gasteiger partial charge in [0.15, 0.2) is 0 Å². The van der Waals surface area contributed by atoms with Gasteiger partial charge in [-0.1, -0.05) is 6.07 Å². The van der Waals surface area contributed by atoms with Crippen LogP contribution in [0.15, 0.2) is 18.2 Å². The fourth-order valence-electron chi connectivity index (χ4n) is 1.95. The molecule has 0 bridgehead atoms. The zero-order chi connectivity index (χ0) is 13.2. The van der Waals surface area contributed by atoms with E-state index >= 15 is 0 Å². The van der Waals surface area contributed by atoms with Crippen LogP contribution in [0.1, 0.15) is 18.4 Å². The summed E-state index contributed by atoms with van der Waals surface area (Å²) in [5.74, 6) is 0.0396. The lowest BCUT2D eigenvalue weighted by Gasteiger charge is -2.14. The molecule has 1 saturated heterocycles. The summed E-state index contributed by atoms with van der Waals surface area (Å²) >= 11 is 2.19. The second-order valence-corrected chi connectivity index (χ2v) is 7.36. The fourth-order valence-corrected chi connectivity index (χ4v) is 3.84. The van der Waals surface area contributed by atoms with Gasteiger partial charge in [0.2, 0.25) is 10.0 Å². The first-order chi connectivity index (χ1) is 8.48. The van der Waals surface area contributed by atoms with Gasteiger partial charge in [0, 0.05) is 10.2 Å². The van der Waals surface area contributed by atoms with Gasteiger partial charge in [0.25, 0.3) is 0 Å². The number of nitrogens with one attached hydrogen (secondary N) is 1. The van der Waals surface area contributed by atoms with E-state index in [0.717, 1.165) is 22.0 Å². The average Bonchev–Trinajstić information content (AvgIpc) is 2.76. The van der Waals surface area contributed by atoms with Crippen molar-refractivity contribution in [3.05, 3.63) is 27.3 Å². The Hall–Kier alpha value is -0.340. The molecule has 6 heteroatoms. The molecule has 1 aliphatic heterocycles. The Balaban J connectivity index is 2.09. The van der Waals surface area contributed by atoms with Crippen molar-refractivity contribution in [3.63, 3.8) is 0 Å². The van der Waals surface area contributed by atoms with E-state index in [1.807, 2.05) is 19.1 Å². The van der Waals surface area contributed by atoms with Crippen molar-refractivity contribution in [1.29, 1.82) is 0 Å². The number of anilines is 1.